The fourth-order valence-corrected chi connectivity index (χ4v) is 0.607. The summed E-state index contributed by atoms with van der Waals surface area (Å²) in [5, 5.41) is 0. The number of ether oxygens (including phenoxy) is 2. The third-order valence-corrected chi connectivity index (χ3v) is 2.74. The summed E-state index contributed by atoms with van der Waals surface area (Å²) in [5.41, 5.74) is 0. The predicted molar refractivity (Wildman–Crippen MR) is 54.0 cm³/mol. The van der Waals surface area contributed by atoms with Gasteiger partial charge in [-0.2, -0.15) is 0 Å². The topological polar surface area (TPSA) is 35.5 Å². The molecule has 0 radical (unpaired) electrons. The van der Waals surface area contributed by atoms with Gasteiger partial charge in [0, 0.05) is 3.58 Å². The van der Waals surface area contributed by atoms with Gasteiger partial charge < -0.3 is 9.47 Å². The van der Waals surface area contributed by atoms with Gasteiger partial charge in [-0.25, -0.2) is 4.79 Å². The molecule has 64 valence electrons. The summed E-state index contributed by atoms with van der Waals surface area (Å²) >= 11 is 5.15. The normalized spacial score (nSPS) is 11.0. The second-order valence-electron chi connectivity index (χ2n) is 1.53. The Hall–Kier alpha value is 0.220. The molecular formula is C6H8BrIO3. The van der Waals surface area contributed by atoms with E-state index in [2.05, 4.69) is 25.4 Å². The Balaban J connectivity index is 3.46. The second-order valence-corrected chi connectivity index (χ2v) is 3.37. The smallest absolute Gasteiger partial charge is 0.435 e. The highest BCUT2D eigenvalue weighted by atomic mass is 127. The molecule has 0 spiro atoms. The van der Waals surface area contributed by atoms with Crippen molar-refractivity contribution in [2.45, 2.75) is 6.92 Å². The van der Waals surface area contributed by atoms with Crippen LogP contribution in [0.2, 0.25) is 0 Å². The molecule has 11 heavy (non-hydrogen) atoms. The largest absolute Gasteiger partial charge is 0.508 e. The molecule has 0 aliphatic carbocycles. The quantitative estimate of drug-likeness (QED) is 0.588. The molecule has 0 saturated carbocycles. The minimum absolute atomic E-state index is 0.255. The van der Waals surface area contributed by atoms with E-state index in [0.717, 1.165) is 3.58 Å². The van der Waals surface area contributed by atoms with E-state index in [4.69, 9.17) is 0 Å². The van der Waals surface area contributed by atoms with E-state index in [9.17, 15) is 4.79 Å². The molecule has 0 aromatic rings. The maximum Gasteiger partial charge on any atom is 0.508 e. The molecule has 0 unspecified atom stereocenters. The SMILES string of the molecule is CCOC(=O)OC/C(I)=C/Br. The lowest BCUT2D eigenvalue weighted by atomic mass is 10.7. The van der Waals surface area contributed by atoms with Gasteiger partial charge in [-0.15, -0.1) is 0 Å². The molecule has 0 N–H and O–H groups in total. The fourth-order valence-electron chi connectivity index (χ4n) is 0.319. The molecule has 0 aliphatic rings. The van der Waals surface area contributed by atoms with Gasteiger partial charge in [-0.1, -0.05) is 15.9 Å². The Labute approximate surface area is 87.4 Å². The van der Waals surface area contributed by atoms with E-state index in [1.807, 2.05) is 22.6 Å². The summed E-state index contributed by atoms with van der Waals surface area (Å²) in [6.07, 6.45) is -0.629. The van der Waals surface area contributed by atoms with Crippen LogP contribution in [0.3, 0.4) is 0 Å². The van der Waals surface area contributed by atoms with Crippen LogP contribution in [-0.4, -0.2) is 19.4 Å². The zero-order chi connectivity index (χ0) is 8.69. The lowest BCUT2D eigenvalue weighted by Crippen LogP contribution is -2.07. The molecular weight excluding hydrogens is 327 g/mol. The monoisotopic (exact) mass is 334 g/mol. The van der Waals surface area contributed by atoms with Crippen LogP contribution in [0.1, 0.15) is 6.92 Å². The Morgan fingerprint density at radius 2 is 2.27 bits per heavy atom. The average molecular weight is 335 g/mol. The highest BCUT2D eigenvalue weighted by molar-refractivity contribution is 14.1. The van der Waals surface area contributed by atoms with Gasteiger partial charge in [-0.05, 0) is 34.5 Å². The van der Waals surface area contributed by atoms with Crippen molar-refractivity contribution >= 4 is 44.7 Å². The summed E-state index contributed by atoms with van der Waals surface area (Å²) in [4.78, 5) is 12.3. The highest BCUT2D eigenvalue weighted by Gasteiger charge is 2.01. The molecule has 0 aromatic carbocycles. The number of halogens is 2. The van der Waals surface area contributed by atoms with E-state index < -0.39 is 6.16 Å². The summed E-state index contributed by atoms with van der Waals surface area (Å²) < 4.78 is 10.1. The van der Waals surface area contributed by atoms with Gasteiger partial charge in [0.2, 0.25) is 0 Å². The number of hydrogen-bond donors (Lipinski definition) is 0. The van der Waals surface area contributed by atoms with Crippen molar-refractivity contribution < 1.29 is 14.3 Å². The molecule has 0 rings (SSSR count). The van der Waals surface area contributed by atoms with Gasteiger partial charge in [0.1, 0.15) is 6.61 Å². The first kappa shape index (κ1) is 11.2. The van der Waals surface area contributed by atoms with Crippen LogP contribution in [0, 0.1) is 0 Å². The summed E-state index contributed by atoms with van der Waals surface area (Å²) in [6, 6.07) is 0. The maximum absolute atomic E-state index is 10.6. The summed E-state index contributed by atoms with van der Waals surface area (Å²) in [6.45, 7) is 2.32. The van der Waals surface area contributed by atoms with E-state index >= 15 is 0 Å². The lowest BCUT2D eigenvalue weighted by molar-refractivity contribution is 0.0671. The van der Waals surface area contributed by atoms with Gasteiger partial charge in [0.25, 0.3) is 0 Å². The third kappa shape index (κ3) is 6.61. The van der Waals surface area contributed by atoms with Crippen LogP contribution in [0.15, 0.2) is 8.57 Å². The van der Waals surface area contributed by atoms with Crippen LogP contribution in [0.25, 0.3) is 0 Å². The van der Waals surface area contributed by atoms with E-state index in [1.165, 1.54) is 0 Å². The van der Waals surface area contributed by atoms with Crippen molar-refractivity contribution in [3.8, 4) is 0 Å². The van der Waals surface area contributed by atoms with Gasteiger partial charge in [-0.3, -0.25) is 0 Å². The van der Waals surface area contributed by atoms with Crippen molar-refractivity contribution in [1.82, 2.24) is 0 Å². The molecule has 0 saturated heterocycles. The molecule has 0 atom stereocenters. The molecule has 5 heteroatoms. The summed E-state index contributed by atoms with van der Waals surface area (Å²) in [5.74, 6) is 0. The van der Waals surface area contributed by atoms with Gasteiger partial charge in [0.05, 0.1) is 6.61 Å². The van der Waals surface area contributed by atoms with Crippen molar-refractivity contribution in [2.75, 3.05) is 13.2 Å². The number of hydrogen-bond acceptors (Lipinski definition) is 3. The molecule has 3 nitrogen and oxygen atoms in total. The first-order valence-corrected chi connectivity index (χ1v) is 4.94. The number of rotatable bonds is 3. The molecule has 0 heterocycles. The second kappa shape index (κ2) is 6.90. The molecule has 0 bridgehead atoms. The molecule has 0 aliphatic heterocycles. The van der Waals surface area contributed by atoms with Crippen molar-refractivity contribution in [2.24, 2.45) is 0 Å². The number of carbonyl (C=O) groups excluding carboxylic acids is 1. The van der Waals surface area contributed by atoms with Crippen LogP contribution in [0.5, 0.6) is 0 Å². The standard InChI is InChI=1S/C6H8BrIO3/c1-2-10-6(9)11-4-5(8)3-7/h3H,2,4H2,1H3/b5-3-. The zero-order valence-corrected chi connectivity index (χ0v) is 9.72. The van der Waals surface area contributed by atoms with Gasteiger partial charge >= 0.3 is 6.16 Å². The molecule has 0 fully saturated rings. The minimum Gasteiger partial charge on any atom is -0.435 e. The first-order valence-electron chi connectivity index (χ1n) is 2.95. The van der Waals surface area contributed by atoms with E-state index in [-0.39, 0.29) is 6.61 Å². The Morgan fingerprint density at radius 3 is 2.73 bits per heavy atom. The number of carbonyl (C=O) groups is 1. The van der Waals surface area contributed by atoms with Crippen LogP contribution in [0.4, 0.5) is 4.79 Å². The zero-order valence-electron chi connectivity index (χ0n) is 5.97. The highest BCUT2D eigenvalue weighted by Crippen LogP contribution is 2.08. The Bertz CT molecular complexity index is 158. The van der Waals surface area contributed by atoms with Crippen molar-refractivity contribution in [1.29, 1.82) is 0 Å². The fraction of sp³-hybridized carbons (Fsp3) is 0.500. The minimum atomic E-state index is -0.629. The van der Waals surface area contributed by atoms with E-state index in [0.29, 0.717) is 6.61 Å². The third-order valence-electron chi connectivity index (χ3n) is 0.708. The average Bonchev–Trinajstić information content (AvgIpc) is 2.01. The van der Waals surface area contributed by atoms with E-state index in [1.54, 1.807) is 11.9 Å². The van der Waals surface area contributed by atoms with Crippen LogP contribution in [-0.2, 0) is 9.47 Å². The van der Waals surface area contributed by atoms with Gasteiger partial charge in [0.15, 0.2) is 0 Å². The molecule has 0 amide bonds. The Morgan fingerprint density at radius 1 is 1.64 bits per heavy atom. The predicted octanol–water partition coefficient (Wildman–Crippen LogP) is 2.83. The Kier molecular flexibility index (Phi) is 7.04. The van der Waals surface area contributed by atoms with Crippen molar-refractivity contribution in [3.05, 3.63) is 8.57 Å². The first-order chi connectivity index (χ1) is 5.20. The van der Waals surface area contributed by atoms with Crippen LogP contribution >= 0.6 is 38.5 Å². The van der Waals surface area contributed by atoms with Crippen molar-refractivity contribution in [3.63, 3.8) is 0 Å². The maximum atomic E-state index is 10.6. The summed E-state index contributed by atoms with van der Waals surface area (Å²) in [7, 11) is 0. The molecule has 0 aromatic heterocycles. The van der Waals surface area contributed by atoms with Crippen LogP contribution < -0.4 is 0 Å². The lowest BCUT2D eigenvalue weighted by Gasteiger charge is -2.02.